The third-order valence-electron chi connectivity index (χ3n) is 3.45. The van der Waals surface area contributed by atoms with Crippen LogP contribution in [-0.2, 0) is 4.74 Å². The van der Waals surface area contributed by atoms with Crippen LogP contribution in [0.15, 0.2) is 12.7 Å². The van der Waals surface area contributed by atoms with Crippen LogP contribution >= 0.6 is 0 Å². The number of aliphatic hydroxyl groups excluding tert-OH is 2. The molecule has 1 saturated carbocycles. The van der Waals surface area contributed by atoms with E-state index in [9.17, 15) is 10.2 Å². The predicted molar refractivity (Wildman–Crippen MR) is 52.8 cm³/mol. The monoisotopic (exact) mass is 198 g/mol. The first-order chi connectivity index (χ1) is 6.70. The lowest BCUT2D eigenvalue weighted by atomic mass is 9.99. The van der Waals surface area contributed by atoms with Crippen molar-refractivity contribution < 1.29 is 14.9 Å². The van der Waals surface area contributed by atoms with Gasteiger partial charge in [-0.2, -0.15) is 0 Å². The molecule has 1 aliphatic carbocycles. The fourth-order valence-corrected chi connectivity index (χ4v) is 2.56. The molecule has 0 spiro atoms. The lowest BCUT2D eigenvalue weighted by molar-refractivity contribution is -0.140. The molecule has 0 bridgehead atoms. The van der Waals surface area contributed by atoms with Gasteiger partial charge in [0, 0.05) is 5.92 Å². The molecule has 80 valence electrons. The highest BCUT2D eigenvalue weighted by Crippen LogP contribution is 2.51. The lowest BCUT2D eigenvalue weighted by Gasteiger charge is -2.30. The van der Waals surface area contributed by atoms with Crippen LogP contribution in [0.3, 0.4) is 0 Å². The normalized spacial score (nSPS) is 51.1. The Balaban J connectivity index is 2.02. The molecule has 2 N–H and O–H groups in total. The van der Waals surface area contributed by atoms with E-state index in [-0.39, 0.29) is 18.1 Å². The van der Waals surface area contributed by atoms with E-state index >= 15 is 0 Å². The number of hydrogen-bond donors (Lipinski definition) is 2. The maximum absolute atomic E-state index is 9.82. The fraction of sp³-hybridized carbons (Fsp3) is 0.818. The van der Waals surface area contributed by atoms with E-state index in [2.05, 4.69) is 6.58 Å². The van der Waals surface area contributed by atoms with Gasteiger partial charge in [-0.1, -0.05) is 13.0 Å². The molecule has 0 aromatic heterocycles. The summed E-state index contributed by atoms with van der Waals surface area (Å²) in [7, 11) is 0. The summed E-state index contributed by atoms with van der Waals surface area (Å²) in [5.41, 5.74) is 0. The number of ether oxygens (including phenoxy) is 1. The van der Waals surface area contributed by atoms with Gasteiger partial charge in [-0.3, -0.25) is 0 Å². The third-order valence-corrected chi connectivity index (χ3v) is 3.45. The summed E-state index contributed by atoms with van der Waals surface area (Å²) in [6.45, 7) is 5.65. The Bertz CT molecular complexity index is 229. The van der Waals surface area contributed by atoms with Crippen LogP contribution in [0.2, 0.25) is 0 Å². The Labute approximate surface area is 84.4 Å². The van der Waals surface area contributed by atoms with Crippen molar-refractivity contribution in [1.82, 2.24) is 0 Å². The standard InChI is InChI=1S/C11H18O3/c1-3-5-6-8-10(13)9(12)7(4-2)14-11(6)8/h3,6-13H,1,4-5H2,2H3. The van der Waals surface area contributed by atoms with E-state index in [1.54, 1.807) is 0 Å². The SMILES string of the molecule is C=CCC1C2OC(CC)C(O)C(O)C12. The minimum absolute atomic E-state index is 0.130. The van der Waals surface area contributed by atoms with Crippen LogP contribution in [0.5, 0.6) is 0 Å². The first-order valence-corrected chi connectivity index (χ1v) is 5.33. The molecule has 0 aromatic rings. The Hall–Kier alpha value is -0.380. The van der Waals surface area contributed by atoms with E-state index in [0.29, 0.717) is 5.92 Å². The molecule has 3 heteroatoms. The Morgan fingerprint density at radius 2 is 2.07 bits per heavy atom. The first kappa shape index (κ1) is 10.1. The van der Waals surface area contributed by atoms with E-state index in [1.807, 2.05) is 13.0 Å². The number of rotatable bonds is 3. The molecule has 6 unspecified atom stereocenters. The van der Waals surface area contributed by atoms with Crippen LogP contribution in [-0.4, -0.2) is 34.6 Å². The van der Waals surface area contributed by atoms with Gasteiger partial charge in [0.2, 0.25) is 0 Å². The van der Waals surface area contributed by atoms with Gasteiger partial charge >= 0.3 is 0 Å². The predicted octanol–water partition coefficient (Wildman–Crippen LogP) is 0.708. The second-order valence-electron chi connectivity index (χ2n) is 4.29. The van der Waals surface area contributed by atoms with Crippen molar-refractivity contribution >= 4 is 0 Å². The quantitative estimate of drug-likeness (QED) is 0.657. The topological polar surface area (TPSA) is 49.7 Å². The summed E-state index contributed by atoms with van der Waals surface area (Å²) in [5, 5.41) is 19.5. The summed E-state index contributed by atoms with van der Waals surface area (Å²) in [5.74, 6) is 0.500. The molecule has 6 atom stereocenters. The van der Waals surface area contributed by atoms with Crippen LogP contribution in [0.4, 0.5) is 0 Å². The highest BCUT2D eigenvalue weighted by atomic mass is 16.5. The van der Waals surface area contributed by atoms with Crippen molar-refractivity contribution in [2.75, 3.05) is 0 Å². The number of fused-ring (bicyclic) bond motifs is 1. The average molecular weight is 198 g/mol. The summed E-state index contributed by atoms with van der Waals surface area (Å²) < 4.78 is 5.70. The minimum Gasteiger partial charge on any atom is -0.390 e. The summed E-state index contributed by atoms with van der Waals surface area (Å²) in [6, 6.07) is 0. The molecular weight excluding hydrogens is 180 g/mol. The first-order valence-electron chi connectivity index (χ1n) is 5.33. The largest absolute Gasteiger partial charge is 0.390 e. The van der Waals surface area contributed by atoms with Gasteiger partial charge < -0.3 is 14.9 Å². The molecule has 0 amide bonds. The molecular formula is C11H18O3. The Morgan fingerprint density at radius 3 is 2.64 bits per heavy atom. The fourth-order valence-electron chi connectivity index (χ4n) is 2.56. The zero-order valence-electron chi connectivity index (χ0n) is 8.47. The molecule has 1 heterocycles. The van der Waals surface area contributed by atoms with Crippen molar-refractivity contribution in [3.05, 3.63) is 12.7 Å². The van der Waals surface area contributed by atoms with Crippen molar-refractivity contribution in [3.8, 4) is 0 Å². The second kappa shape index (κ2) is 3.65. The molecule has 2 aliphatic rings. The molecule has 0 radical (unpaired) electrons. The summed E-state index contributed by atoms with van der Waals surface area (Å²) in [4.78, 5) is 0. The average Bonchev–Trinajstić information content (AvgIpc) is 2.86. The highest BCUT2D eigenvalue weighted by molar-refractivity contribution is 5.10. The Morgan fingerprint density at radius 1 is 1.36 bits per heavy atom. The molecule has 2 rings (SSSR count). The highest BCUT2D eigenvalue weighted by Gasteiger charge is 2.60. The zero-order valence-corrected chi connectivity index (χ0v) is 8.47. The van der Waals surface area contributed by atoms with Gasteiger partial charge in [-0.25, -0.2) is 0 Å². The third kappa shape index (κ3) is 1.40. The van der Waals surface area contributed by atoms with Gasteiger partial charge in [0.15, 0.2) is 0 Å². The van der Waals surface area contributed by atoms with Gasteiger partial charge in [0.25, 0.3) is 0 Å². The van der Waals surface area contributed by atoms with E-state index in [1.165, 1.54) is 0 Å². The summed E-state index contributed by atoms with van der Waals surface area (Å²) in [6.07, 6.45) is 2.11. The summed E-state index contributed by atoms with van der Waals surface area (Å²) >= 11 is 0. The molecule has 1 saturated heterocycles. The van der Waals surface area contributed by atoms with Crippen LogP contribution in [0.25, 0.3) is 0 Å². The maximum Gasteiger partial charge on any atom is 0.106 e. The van der Waals surface area contributed by atoms with Crippen molar-refractivity contribution in [2.45, 2.75) is 44.2 Å². The smallest absolute Gasteiger partial charge is 0.106 e. The van der Waals surface area contributed by atoms with Crippen LogP contribution in [0.1, 0.15) is 19.8 Å². The Kier molecular flexibility index (Phi) is 2.64. The van der Waals surface area contributed by atoms with Gasteiger partial charge in [-0.15, -0.1) is 6.58 Å². The number of aliphatic hydroxyl groups is 2. The van der Waals surface area contributed by atoms with Crippen molar-refractivity contribution in [3.63, 3.8) is 0 Å². The number of hydrogen-bond acceptors (Lipinski definition) is 3. The van der Waals surface area contributed by atoms with Crippen molar-refractivity contribution in [2.24, 2.45) is 11.8 Å². The van der Waals surface area contributed by atoms with Crippen LogP contribution in [0, 0.1) is 11.8 Å². The van der Waals surface area contributed by atoms with Crippen LogP contribution < -0.4 is 0 Å². The number of allylic oxidation sites excluding steroid dienone is 1. The molecule has 2 fully saturated rings. The second-order valence-corrected chi connectivity index (χ2v) is 4.29. The van der Waals surface area contributed by atoms with Gasteiger partial charge in [0.1, 0.15) is 6.10 Å². The van der Waals surface area contributed by atoms with E-state index in [0.717, 1.165) is 12.8 Å². The van der Waals surface area contributed by atoms with E-state index in [4.69, 9.17) is 4.74 Å². The maximum atomic E-state index is 9.82. The molecule has 1 aliphatic heterocycles. The van der Waals surface area contributed by atoms with Gasteiger partial charge in [-0.05, 0) is 18.8 Å². The minimum atomic E-state index is -0.712. The zero-order chi connectivity index (χ0) is 10.3. The lowest BCUT2D eigenvalue weighted by Crippen LogP contribution is -2.45. The van der Waals surface area contributed by atoms with E-state index < -0.39 is 12.2 Å². The molecule has 0 aromatic carbocycles. The molecule has 14 heavy (non-hydrogen) atoms. The molecule has 3 nitrogen and oxygen atoms in total. The van der Waals surface area contributed by atoms with Crippen molar-refractivity contribution in [1.29, 1.82) is 0 Å². The van der Waals surface area contributed by atoms with Gasteiger partial charge in [0.05, 0.1) is 18.3 Å².